The zero-order chi connectivity index (χ0) is 27.3. The molecule has 0 unspecified atom stereocenters. The fourth-order valence-electron chi connectivity index (χ4n) is 4.25. The third kappa shape index (κ3) is 4.39. The summed E-state index contributed by atoms with van der Waals surface area (Å²) in [6, 6.07) is 12.2. The number of sulfone groups is 1. The van der Waals surface area contributed by atoms with E-state index >= 15 is 0 Å². The fraction of sp³-hybridized carbons (Fsp3) is 0.280. The molecule has 3 aromatic rings. The first-order valence-corrected chi connectivity index (χ1v) is 12.3. The van der Waals surface area contributed by atoms with Crippen LogP contribution in [-0.4, -0.2) is 20.8 Å². The predicted octanol–water partition coefficient (Wildman–Crippen LogP) is 6.96. The van der Waals surface area contributed by atoms with Gasteiger partial charge in [-0.3, -0.25) is 0 Å². The smallest absolute Gasteiger partial charge is 0.349 e. The molecule has 198 valence electrons. The Hall–Kier alpha value is -2.99. The Kier molecular flexibility index (Phi) is 6.64. The molecule has 0 radical (unpaired) electrons. The second-order valence-electron chi connectivity index (χ2n) is 8.55. The van der Waals surface area contributed by atoms with Crippen molar-refractivity contribution in [2.45, 2.75) is 47.0 Å². The molecule has 0 aromatic heterocycles. The van der Waals surface area contributed by atoms with E-state index in [0.717, 1.165) is 18.2 Å². The van der Waals surface area contributed by atoms with Gasteiger partial charge in [-0.2, -0.15) is 26.3 Å². The topological polar surface area (TPSA) is 43.4 Å². The molecule has 12 heteroatoms. The summed E-state index contributed by atoms with van der Waals surface area (Å²) in [4.78, 5) is -0.0354. The van der Waals surface area contributed by atoms with Crippen molar-refractivity contribution in [2.24, 2.45) is 0 Å². The summed E-state index contributed by atoms with van der Waals surface area (Å²) in [5.74, 6) is -2.76. The Morgan fingerprint density at radius 3 is 1.70 bits per heavy atom. The van der Waals surface area contributed by atoms with Crippen molar-refractivity contribution in [1.82, 2.24) is 0 Å². The second-order valence-corrected chi connectivity index (χ2v) is 10.8. The lowest BCUT2D eigenvalue weighted by atomic mass is 9.90. The van der Waals surface area contributed by atoms with Gasteiger partial charge in [0.15, 0.2) is 9.84 Å². The van der Waals surface area contributed by atoms with Gasteiger partial charge >= 0.3 is 12.4 Å². The molecule has 3 aromatic carbocycles. The van der Waals surface area contributed by atoms with Crippen LogP contribution < -0.4 is 0 Å². The maximum Gasteiger partial charge on any atom is 0.430 e. The Labute approximate surface area is 206 Å². The minimum atomic E-state index is -6.10. The van der Waals surface area contributed by atoms with Gasteiger partial charge in [0.05, 0.1) is 11.5 Å². The number of hydrogen-bond donors (Lipinski definition) is 0. The summed E-state index contributed by atoms with van der Waals surface area (Å²) in [5.41, 5.74) is -7.45. The second kappa shape index (κ2) is 9.09. The fourth-order valence-corrected chi connectivity index (χ4v) is 6.30. The molecule has 0 atom stereocenters. The van der Waals surface area contributed by atoms with E-state index in [1.165, 1.54) is 24.3 Å². The van der Waals surface area contributed by atoms with Crippen LogP contribution in [0.1, 0.15) is 29.5 Å². The molecular weight excluding hydrogens is 532 g/mol. The van der Waals surface area contributed by atoms with E-state index in [0.29, 0.717) is 24.3 Å². The average molecular weight is 550 g/mol. The van der Waals surface area contributed by atoms with E-state index < -0.39 is 61.9 Å². The van der Waals surface area contributed by atoms with Gasteiger partial charge < -0.3 is 4.74 Å². The highest BCUT2D eigenvalue weighted by Gasteiger charge is 2.73. The average Bonchev–Trinajstić information content (AvgIpc) is 3.63. The van der Waals surface area contributed by atoms with Gasteiger partial charge in [-0.15, -0.1) is 0 Å². The van der Waals surface area contributed by atoms with Crippen molar-refractivity contribution < 1.29 is 48.3 Å². The van der Waals surface area contributed by atoms with Crippen molar-refractivity contribution in [3.05, 3.63) is 101 Å². The highest BCUT2D eigenvalue weighted by Crippen LogP contribution is 2.57. The summed E-state index contributed by atoms with van der Waals surface area (Å²) in [7, 11) is -4.00. The molecule has 1 fully saturated rings. The third-order valence-electron chi connectivity index (χ3n) is 6.38. The van der Waals surface area contributed by atoms with Crippen molar-refractivity contribution >= 4 is 9.84 Å². The number of halogens is 8. The molecule has 0 bridgehead atoms. The molecule has 1 aliphatic carbocycles. The normalized spacial score (nSPS) is 16.0. The Balaban J connectivity index is 1.77. The van der Waals surface area contributed by atoms with Gasteiger partial charge in [-0.05, 0) is 42.7 Å². The first-order chi connectivity index (χ1) is 17.2. The predicted molar refractivity (Wildman–Crippen MR) is 116 cm³/mol. The van der Waals surface area contributed by atoms with Crippen LogP contribution in [0.15, 0.2) is 77.7 Å². The van der Waals surface area contributed by atoms with Gasteiger partial charge in [-0.25, -0.2) is 17.2 Å². The van der Waals surface area contributed by atoms with Gasteiger partial charge in [0.2, 0.25) is 0 Å². The van der Waals surface area contributed by atoms with Crippen molar-refractivity contribution in [1.29, 1.82) is 0 Å². The van der Waals surface area contributed by atoms with E-state index in [2.05, 4.69) is 4.74 Å². The molecule has 0 saturated heterocycles. The minimum absolute atomic E-state index is 0.0125. The van der Waals surface area contributed by atoms with E-state index in [4.69, 9.17) is 0 Å². The maximum absolute atomic E-state index is 14.1. The summed E-state index contributed by atoms with van der Waals surface area (Å²) >= 11 is 0. The first kappa shape index (κ1) is 27.1. The molecule has 37 heavy (non-hydrogen) atoms. The summed E-state index contributed by atoms with van der Waals surface area (Å²) in [5, 5.41) is 0. The van der Waals surface area contributed by atoms with Gasteiger partial charge in [0, 0.05) is 11.1 Å². The van der Waals surface area contributed by atoms with Crippen LogP contribution in [0.3, 0.4) is 0 Å². The monoisotopic (exact) mass is 550 g/mol. The minimum Gasteiger partial charge on any atom is -0.349 e. The van der Waals surface area contributed by atoms with Crippen LogP contribution in [-0.2, 0) is 31.5 Å². The van der Waals surface area contributed by atoms with Crippen LogP contribution in [0.25, 0.3) is 0 Å². The molecule has 0 aliphatic heterocycles. The number of hydrogen-bond acceptors (Lipinski definition) is 3. The Morgan fingerprint density at radius 2 is 1.24 bits per heavy atom. The molecular formula is C25H18F8O3S. The highest BCUT2D eigenvalue weighted by atomic mass is 32.2. The number of rotatable bonds is 7. The van der Waals surface area contributed by atoms with Crippen LogP contribution >= 0.6 is 0 Å². The van der Waals surface area contributed by atoms with Crippen LogP contribution in [0.2, 0.25) is 0 Å². The maximum atomic E-state index is 14.1. The largest absolute Gasteiger partial charge is 0.430 e. The standard InChI is InChI=1S/C25H18F8O3S/c26-20-7-4-8-21(27)19(20)15-36-23(24(28,29)30,25(31,32)33)17-11-9-16(10-12-17)22(13-14-22)37(34,35)18-5-2-1-3-6-18/h1-12H,13-15H2. The number of alkyl halides is 6. The SMILES string of the molecule is O=S(=O)(c1ccccc1)C1(c2ccc(C(OCc3c(F)cccc3F)(C(F)(F)F)C(F)(F)F)cc2)CC1. The zero-order valence-electron chi connectivity index (χ0n) is 18.7. The van der Waals surface area contributed by atoms with Gasteiger partial charge in [0.1, 0.15) is 16.4 Å². The molecule has 1 aliphatic rings. The molecule has 0 N–H and O–H groups in total. The van der Waals surface area contributed by atoms with Crippen molar-refractivity contribution in [2.75, 3.05) is 0 Å². The van der Waals surface area contributed by atoms with Crippen LogP contribution in [0, 0.1) is 11.6 Å². The number of benzene rings is 3. The lowest BCUT2D eigenvalue weighted by Crippen LogP contribution is -2.55. The summed E-state index contributed by atoms with van der Waals surface area (Å²) in [6.07, 6.45) is -11.9. The van der Waals surface area contributed by atoms with Crippen molar-refractivity contribution in [3.63, 3.8) is 0 Å². The summed E-state index contributed by atoms with van der Waals surface area (Å²) < 4.78 is 142. The third-order valence-corrected chi connectivity index (χ3v) is 8.95. The van der Waals surface area contributed by atoms with Crippen LogP contribution in [0.4, 0.5) is 35.1 Å². The van der Waals surface area contributed by atoms with E-state index in [-0.39, 0.29) is 23.3 Å². The molecule has 4 rings (SSSR count). The molecule has 0 amide bonds. The highest BCUT2D eigenvalue weighted by molar-refractivity contribution is 7.92. The lowest BCUT2D eigenvalue weighted by Gasteiger charge is -2.37. The van der Waals surface area contributed by atoms with Gasteiger partial charge in [-0.1, -0.05) is 48.5 Å². The molecule has 1 saturated carbocycles. The summed E-state index contributed by atoms with van der Waals surface area (Å²) in [6.45, 7) is -1.67. The quantitative estimate of drug-likeness (QED) is 0.299. The molecule has 0 heterocycles. The Morgan fingerprint density at radius 1 is 0.730 bits per heavy atom. The van der Waals surface area contributed by atoms with E-state index in [1.807, 2.05) is 0 Å². The zero-order valence-corrected chi connectivity index (χ0v) is 19.5. The first-order valence-electron chi connectivity index (χ1n) is 10.8. The van der Waals surface area contributed by atoms with Gasteiger partial charge in [0.25, 0.3) is 5.60 Å². The van der Waals surface area contributed by atoms with E-state index in [9.17, 15) is 43.5 Å². The molecule has 3 nitrogen and oxygen atoms in total. The van der Waals surface area contributed by atoms with Crippen LogP contribution in [0.5, 0.6) is 0 Å². The Bertz CT molecular complexity index is 1340. The lowest BCUT2D eigenvalue weighted by molar-refractivity contribution is -0.392. The number of ether oxygens (including phenoxy) is 1. The molecule has 0 spiro atoms. The van der Waals surface area contributed by atoms with E-state index in [1.54, 1.807) is 6.07 Å². The van der Waals surface area contributed by atoms with Crippen molar-refractivity contribution in [3.8, 4) is 0 Å².